The monoisotopic (exact) mass is 733 g/mol. The zero-order chi connectivity index (χ0) is 37.9. The average Bonchev–Trinajstić information content (AvgIpc) is 3.14. The first-order chi connectivity index (χ1) is 25.4. The Kier molecular flexibility index (Phi) is 32.4. The van der Waals surface area contributed by atoms with Gasteiger partial charge in [0.15, 0.2) is 0 Å². The van der Waals surface area contributed by atoms with E-state index in [9.17, 15) is 19.8 Å². The molecule has 308 valence electrons. The van der Waals surface area contributed by atoms with E-state index in [2.05, 4.69) is 13.8 Å². The number of rotatable bonds is 40. The van der Waals surface area contributed by atoms with Gasteiger partial charge in [-0.2, -0.15) is 0 Å². The van der Waals surface area contributed by atoms with Gasteiger partial charge in [0.05, 0.1) is 0 Å². The normalized spacial score (nSPS) is 15.3. The van der Waals surface area contributed by atoms with Gasteiger partial charge in [0.25, 0.3) is 0 Å². The van der Waals surface area contributed by atoms with Crippen molar-refractivity contribution in [3.05, 3.63) is 0 Å². The lowest BCUT2D eigenvalue weighted by Crippen LogP contribution is -2.35. The van der Waals surface area contributed by atoms with Crippen molar-refractivity contribution < 1.29 is 19.8 Å². The highest BCUT2D eigenvalue weighted by Crippen LogP contribution is 2.54. The van der Waals surface area contributed by atoms with Crippen LogP contribution in [0.4, 0.5) is 0 Å². The quantitative estimate of drug-likeness (QED) is 0.0615. The lowest BCUT2D eigenvalue weighted by atomic mass is 9.58. The summed E-state index contributed by atoms with van der Waals surface area (Å²) in [7, 11) is 0. The summed E-state index contributed by atoms with van der Waals surface area (Å²) in [5.74, 6) is -1.49. The van der Waals surface area contributed by atoms with Gasteiger partial charge in [-0.05, 0) is 62.2 Å². The van der Waals surface area contributed by atoms with Gasteiger partial charge in [0.1, 0.15) is 0 Å². The topological polar surface area (TPSA) is 74.6 Å². The van der Waals surface area contributed by atoms with Crippen molar-refractivity contribution in [3.8, 4) is 0 Å². The van der Waals surface area contributed by atoms with E-state index in [1.54, 1.807) is 0 Å². The standard InChI is InChI=1S/C48H92O4/c1-3-5-7-9-11-13-15-17-19-21-23-25-27-29-31-33-37-47(41-43-48(44-42-47,39-35-45(49)50)40-36-46(51)52)38-34-32-30-28-26-24-22-20-18-16-14-12-10-8-6-4-2/h3-44H2,1-2H3,(H,49,50)(H,51,52). The molecule has 4 nitrogen and oxygen atoms in total. The van der Waals surface area contributed by atoms with E-state index >= 15 is 0 Å². The highest BCUT2D eigenvalue weighted by Gasteiger charge is 2.42. The molecule has 0 heterocycles. The van der Waals surface area contributed by atoms with Gasteiger partial charge in [0, 0.05) is 12.8 Å². The van der Waals surface area contributed by atoms with E-state index in [4.69, 9.17) is 0 Å². The Morgan fingerprint density at radius 3 is 0.731 bits per heavy atom. The molecule has 0 aromatic rings. The van der Waals surface area contributed by atoms with E-state index < -0.39 is 11.9 Å². The summed E-state index contributed by atoms with van der Waals surface area (Å²) >= 11 is 0. The number of carbonyl (C=O) groups is 2. The van der Waals surface area contributed by atoms with Crippen molar-refractivity contribution in [3.63, 3.8) is 0 Å². The van der Waals surface area contributed by atoms with Crippen LogP contribution in [0.1, 0.15) is 284 Å². The summed E-state index contributed by atoms with van der Waals surface area (Å²) in [4.78, 5) is 23.0. The van der Waals surface area contributed by atoms with Gasteiger partial charge in [-0.25, -0.2) is 0 Å². The molecule has 0 aromatic carbocycles. The summed E-state index contributed by atoms with van der Waals surface area (Å²) in [6, 6.07) is 0. The SMILES string of the molecule is CCCCCCCCCCCCCCCCCCC1(CCCCCCCCCCCCCCCCCC)CCC(CCC(=O)O)(CCC(=O)O)CC1. The molecule has 1 saturated carbocycles. The highest BCUT2D eigenvalue weighted by molar-refractivity contribution is 5.67. The Balaban J connectivity index is 2.34. The van der Waals surface area contributed by atoms with Crippen LogP contribution in [0.2, 0.25) is 0 Å². The first-order valence-corrected chi connectivity index (χ1v) is 23.8. The zero-order valence-corrected chi connectivity index (χ0v) is 35.4. The molecule has 0 bridgehead atoms. The molecular weight excluding hydrogens is 641 g/mol. The van der Waals surface area contributed by atoms with Crippen LogP contribution in [-0.2, 0) is 9.59 Å². The number of carboxylic acid groups (broad SMARTS) is 2. The van der Waals surface area contributed by atoms with Crippen molar-refractivity contribution in [1.29, 1.82) is 0 Å². The highest BCUT2D eigenvalue weighted by atomic mass is 16.4. The minimum absolute atomic E-state index is 0.0937. The minimum Gasteiger partial charge on any atom is -0.481 e. The predicted octanol–water partition coefficient (Wildman–Crippen LogP) is 16.6. The number of hydrogen-bond donors (Lipinski definition) is 2. The lowest BCUT2D eigenvalue weighted by Gasteiger charge is -2.47. The van der Waals surface area contributed by atoms with Gasteiger partial charge >= 0.3 is 11.9 Å². The third-order valence-electron chi connectivity index (χ3n) is 13.2. The van der Waals surface area contributed by atoms with E-state index in [1.165, 1.54) is 231 Å². The van der Waals surface area contributed by atoms with Crippen LogP contribution >= 0.6 is 0 Å². The molecule has 4 heteroatoms. The van der Waals surface area contributed by atoms with Gasteiger partial charge in [0.2, 0.25) is 0 Å². The molecule has 1 aliphatic carbocycles. The first-order valence-electron chi connectivity index (χ1n) is 23.8. The fourth-order valence-corrected chi connectivity index (χ4v) is 9.40. The second kappa shape index (κ2) is 34.4. The van der Waals surface area contributed by atoms with Crippen molar-refractivity contribution in [2.24, 2.45) is 10.8 Å². The third-order valence-corrected chi connectivity index (χ3v) is 13.2. The number of hydrogen-bond acceptors (Lipinski definition) is 2. The minimum atomic E-state index is -0.743. The van der Waals surface area contributed by atoms with E-state index in [-0.39, 0.29) is 18.3 Å². The molecule has 1 fully saturated rings. The second-order valence-electron chi connectivity index (χ2n) is 17.9. The maximum atomic E-state index is 11.5. The van der Waals surface area contributed by atoms with Crippen LogP contribution in [0.5, 0.6) is 0 Å². The Bertz CT molecular complexity index is 740. The summed E-state index contributed by atoms with van der Waals surface area (Å²) < 4.78 is 0. The van der Waals surface area contributed by atoms with E-state index in [0.29, 0.717) is 18.3 Å². The molecule has 0 unspecified atom stereocenters. The summed E-state index contributed by atoms with van der Waals surface area (Å²) in [5.41, 5.74) is 0.297. The summed E-state index contributed by atoms with van der Waals surface area (Å²) in [6.45, 7) is 4.59. The third kappa shape index (κ3) is 28.4. The molecule has 0 spiro atoms. The van der Waals surface area contributed by atoms with Crippen LogP contribution in [0.25, 0.3) is 0 Å². The van der Waals surface area contributed by atoms with Gasteiger partial charge < -0.3 is 10.2 Å². The number of carboxylic acids is 2. The number of aliphatic carboxylic acids is 2. The molecule has 0 amide bonds. The molecule has 0 radical (unpaired) electrons. The summed E-state index contributed by atoms with van der Waals surface area (Å²) in [5, 5.41) is 18.9. The van der Waals surface area contributed by atoms with Crippen molar-refractivity contribution >= 4 is 11.9 Å². The molecule has 1 rings (SSSR count). The van der Waals surface area contributed by atoms with Crippen molar-refractivity contribution in [2.45, 2.75) is 284 Å². The largest absolute Gasteiger partial charge is 0.481 e. The molecule has 0 aliphatic heterocycles. The van der Waals surface area contributed by atoms with Crippen molar-refractivity contribution in [1.82, 2.24) is 0 Å². The maximum Gasteiger partial charge on any atom is 0.303 e. The Hall–Kier alpha value is -1.06. The molecule has 1 aliphatic rings. The van der Waals surface area contributed by atoms with E-state index in [1.807, 2.05) is 0 Å². The smallest absolute Gasteiger partial charge is 0.303 e. The van der Waals surface area contributed by atoms with Crippen LogP contribution in [0.15, 0.2) is 0 Å². The summed E-state index contributed by atoms with van der Waals surface area (Å²) in [6.07, 6.45) is 53.6. The Morgan fingerprint density at radius 1 is 0.327 bits per heavy atom. The Labute approximate surface area is 325 Å². The van der Waals surface area contributed by atoms with Crippen molar-refractivity contribution in [2.75, 3.05) is 0 Å². The molecule has 52 heavy (non-hydrogen) atoms. The zero-order valence-electron chi connectivity index (χ0n) is 35.4. The molecular formula is C48H92O4. The molecule has 0 saturated heterocycles. The van der Waals surface area contributed by atoms with Gasteiger partial charge in [-0.3, -0.25) is 9.59 Å². The van der Waals surface area contributed by atoms with Crippen LogP contribution < -0.4 is 0 Å². The molecule has 2 N–H and O–H groups in total. The molecule has 0 atom stereocenters. The van der Waals surface area contributed by atoms with Crippen LogP contribution in [0.3, 0.4) is 0 Å². The van der Waals surface area contributed by atoms with Crippen LogP contribution in [-0.4, -0.2) is 22.2 Å². The second-order valence-corrected chi connectivity index (χ2v) is 17.9. The number of unbranched alkanes of at least 4 members (excludes halogenated alkanes) is 30. The van der Waals surface area contributed by atoms with Gasteiger partial charge in [-0.15, -0.1) is 0 Å². The fraction of sp³-hybridized carbons (Fsp3) is 0.958. The lowest BCUT2D eigenvalue weighted by molar-refractivity contribution is -0.138. The Morgan fingerprint density at radius 2 is 0.519 bits per heavy atom. The average molecular weight is 733 g/mol. The fourth-order valence-electron chi connectivity index (χ4n) is 9.40. The molecule has 0 aromatic heterocycles. The van der Waals surface area contributed by atoms with E-state index in [0.717, 1.165) is 12.8 Å². The van der Waals surface area contributed by atoms with Crippen LogP contribution in [0, 0.1) is 10.8 Å². The van der Waals surface area contributed by atoms with Gasteiger partial charge in [-0.1, -0.05) is 219 Å². The maximum absolute atomic E-state index is 11.5. The predicted molar refractivity (Wildman–Crippen MR) is 225 cm³/mol. The first kappa shape index (κ1) is 49.0.